The minimum absolute atomic E-state index is 0.0450. The van der Waals surface area contributed by atoms with Crippen molar-refractivity contribution >= 4 is 0 Å². The molecular formula is C9H11FN2O5. The predicted molar refractivity (Wildman–Crippen MR) is 53.1 cm³/mol. The lowest BCUT2D eigenvalue weighted by molar-refractivity contribution is -0.0469. The Labute approximate surface area is 94.2 Å². The summed E-state index contributed by atoms with van der Waals surface area (Å²) in [4.78, 5) is 21.7. The summed E-state index contributed by atoms with van der Waals surface area (Å²) in [5.74, 6) is 0. The van der Waals surface area contributed by atoms with Gasteiger partial charge in [-0.05, 0) is 0 Å². The SMILES string of the molecule is O=c1ccn([C@@H]2CC(O)[C@H](CO)O2)c(=O)n1F. The molecule has 1 saturated heterocycles. The number of aliphatic hydroxyl groups is 2. The van der Waals surface area contributed by atoms with Crippen LogP contribution < -0.4 is 11.2 Å². The monoisotopic (exact) mass is 246 g/mol. The zero-order valence-electron chi connectivity index (χ0n) is 8.69. The largest absolute Gasteiger partial charge is 0.394 e. The maximum atomic E-state index is 13.0. The van der Waals surface area contributed by atoms with E-state index in [0.717, 1.165) is 16.8 Å². The van der Waals surface area contributed by atoms with Crippen molar-refractivity contribution in [1.82, 2.24) is 9.36 Å². The lowest BCUT2D eigenvalue weighted by atomic mass is 10.2. The van der Waals surface area contributed by atoms with Crippen LogP contribution in [0.3, 0.4) is 0 Å². The first kappa shape index (κ1) is 12.0. The summed E-state index contributed by atoms with van der Waals surface area (Å²) in [6, 6.07) is 0.878. The molecule has 0 saturated carbocycles. The van der Waals surface area contributed by atoms with E-state index < -0.39 is 41.1 Å². The molecule has 1 aliphatic rings. The highest BCUT2D eigenvalue weighted by atomic mass is 19.2. The van der Waals surface area contributed by atoms with Crippen molar-refractivity contribution in [2.45, 2.75) is 24.9 Å². The standard InChI is InChI=1S/C9H11FN2O5/c10-12-7(15)1-2-11(9(12)16)8-3-5(14)6(4-13)17-8/h1-2,5-6,8,13-14H,3-4H2/t5?,6-,8-/m0/s1. The Morgan fingerprint density at radius 2 is 2.24 bits per heavy atom. The number of hydrogen-bond acceptors (Lipinski definition) is 5. The highest BCUT2D eigenvalue weighted by Crippen LogP contribution is 2.26. The second-order valence-electron chi connectivity index (χ2n) is 3.74. The third-order valence-corrected chi connectivity index (χ3v) is 2.65. The second kappa shape index (κ2) is 4.40. The quantitative estimate of drug-likeness (QED) is 0.654. The highest BCUT2D eigenvalue weighted by Gasteiger charge is 2.35. The summed E-state index contributed by atoms with van der Waals surface area (Å²) >= 11 is 0. The lowest BCUT2D eigenvalue weighted by Crippen LogP contribution is -2.37. The molecule has 8 heteroatoms. The molecule has 2 N–H and O–H groups in total. The summed E-state index contributed by atoms with van der Waals surface area (Å²) in [5, 5.41) is 18.3. The fraction of sp³-hybridized carbons (Fsp3) is 0.556. The summed E-state index contributed by atoms with van der Waals surface area (Å²) in [7, 11) is 0. The van der Waals surface area contributed by atoms with Crippen LogP contribution in [0.2, 0.25) is 0 Å². The van der Waals surface area contributed by atoms with Gasteiger partial charge in [-0.3, -0.25) is 9.36 Å². The summed E-state index contributed by atoms with van der Waals surface area (Å²) in [6.07, 6.45) is -1.50. The molecular weight excluding hydrogens is 235 g/mol. The smallest absolute Gasteiger partial charge is 0.362 e. The van der Waals surface area contributed by atoms with Gasteiger partial charge in [0.15, 0.2) is 0 Å². The van der Waals surface area contributed by atoms with E-state index in [-0.39, 0.29) is 6.42 Å². The topological polar surface area (TPSA) is 93.7 Å². The molecule has 2 rings (SSSR count). The third kappa shape index (κ3) is 2.02. The highest BCUT2D eigenvalue weighted by molar-refractivity contribution is 4.89. The Bertz CT molecular complexity index is 525. The number of ether oxygens (including phenoxy) is 1. The van der Waals surface area contributed by atoms with Crippen molar-refractivity contribution in [3.63, 3.8) is 0 Å². The molecule has 1 aromatic rings. The van der Waals surface area contributed by atoms with E-state index >= 15 is 0 Å². The van der Waals surface area contributed by atoms with E-state index in [9.17, 15) is 19.2 Å². The van der Waals surface area contributed by atoms with Crippen molar-refractivity contribution in [3.8, 4) is 0 Å². The molecule has 94 valence electrons. The first-order chi connectivity index (χ1) is 8.04. The normalized spacial score (nSPS) is 28.5. The van der Waals surface area contributed by atoms with E-state index in [1.54, 1.807) is 0 Å². The van der Waals surface area contributed by atoms with Crippen LogP contribution in [-0.4, -0.2) is 38.4 Å². The minimum atomic E-state index is -1.17. The molecule has 17 heavy (non-hydrogen) atoms. The molecule has 0 bridgehead atoms. The molecule has 0 radical (unpaired) electrons. The minimum Gasteiger partial charge on any atom is -0.394 e. The van der Waals surface area contributed by atoms with E-state index in [4.69, 9.17) is 9.84 Å². The van der Waals surface area contributed by atoms with E-state index in [2.05, 4.69) is 0 Å². The zero-order chi connectivity index (χ0) is 12.6. The fourth-order valence-corrected chi connectivity index (χ4v) is 1.74. The number of hydrogen-bond donors (Lipinski definition) is 2. The number of aromatic nitrogens is 2. The van der Waals surface area contributed by atoms with Gasteiger partial charge in [0, 0.05) is 18.7 Å². The molecule has 0 spiro atoms. The second-order valence-corrected chi connectivity index (χ2v) is 3.74. The first-order valence-electron chi connectivity index (χ1n) is 4.99. The van der Waals surface area contributed by atoms with Crippen LogP contribution in [0.1, 0.15) is 12.6 Å². The van der Waals surface area contributed by atoms with Crippen molar-refractivity contribution in [1.29, 1.82) is 0 Å². The summed E-state index contributed by atoms with van der Waals surface area (Å²) < 4.78 is 19.1. The molecule has 0 amide bonds. The van der Waals surface area contributed by atoms with Gasteiger partial charge in [-0.1, -0.05) is 9.27 Å². The molecule has 7 nitrogen and oxygen atoms in total. The Morgan fingerprint density at radius 3 is 2.82 bits per heavy atom. The first-order valence-corrected chi connectivity index (χ1v) is 4.99. The van der Waals surface area contributed by atoms with Gasteiger partial charge in [0.25, 0.3) is 5.56 Å². The molecule has 1 unspecified atom stereocenters. The van der Waals surface area contributed by atoms with Crippen LogP contribution in [0.5, 0.6) is 0 Å². The van der Waals surface area contributed by atoms with Gasteiger partial charge in [-0.15, -0.1) is 0 Å². The van der Waals surface area contributed by atoms with Gasteiger partial charge in [-0.2, -0.15) is 0 Å². The number of nitrogens with zero attached hydrogens (tertiary/aromatic N) is 2. The molecule has 2 heterocycles. The Morgan fingerprint density at radius 1 is 1.53 bits per heavy atom. The van der Waals surface area contributed by atoms with Crippen LogP contribution in [0.25, 0.3) is 0 Å². The molecule has 1 aromatic heterocycles. The van der Waals surface area contributed by atoms with Gasteiger partial charge in [0.1, 0.15) is 12.3 Å². The molecule has 0 aromatic carbocycles. The van der Waals surface area contributed by atoms with Gasteiger partial charge >= 0.3 is 5.69 Å². The number of aliphatic hydroxyl groups excluding tert-OH is 2. The Balaban J connectivity index is 2.34. The van der Waals surface area contributed by atoms with E-state index in [1.807, 2.05) is 0 Å². The molecule has 0 aliphatic carbocycles. The fourth-order valence-electron chi connectivity index (χ4n) is 1.74. The number of rotatable bonds is 2. The lowest BCUT2D eigenvalue weighted by Gasteiger charge is -2.14. The Hall–Kier alpha value is -1.51. The average Bonchev–Trinajstić information content (AvgIpc) is 2.67. The van der Waals surface area contributed by atoms with Gasteiger partial charge < -0.3 is 14.9 Å². The number of halogens is 1. The summed E-state index contributed by atoms with van der Waals surface area (Å²) in [5.41, 5.74) is -2.24. The molecule has 3 atom stereocenters. The third-order valence-electron chi connectivity index (χ3n) is 2.65. The van der Waals surface area contributed by atoms with Crippen molar-refractivity contribution in [3.05, 3.63) is 33.1 Å². The van der Waals surface area contributed by atoms with Gasteiger partial charge in [-0.25, -0.2) is 4.79 Å². The molecule has 1 fully saturated rings. The van der Waals surface area contributed by atoms with Crippen molar-refractivity contribution in [2.75, 3.05) is 6.61 Å². The van der Waals surface area contributed by atoms with Crippen molar-refractivity contribution < 1.29 is 19.4 Å². The van der Waals surface area contributed by atoms with E-state index in [1.165, 1.54) is 0 Å². The average molecular weight is 246 g/mol. The van der Waals surface area contributed by atoms with Crippen LogP contribution in [0, 0.1) is 0 Å². The maximum absolute atomic E-state index is 13.0. The summed E-state index contributed by atoms with van der Waals surface area (Å²) in [6.45, 7) is -0.401. The maximum Gasteiger partial charge on any atom is 0.362 e. The van der Waals surface area contributed by atoms with Crippen LogP contribution in [-0.2, 0) is 4.74 Å². The zero-order valence-corrected chi connectivity index (χ0v) is 8.69. The van der Waals surface area contributed by atoms with Crippen molar-refractivity contribution in [2.24, 2.45) is 0 Å². The van der Waals surface area contributed by atoms with E-state index in [0.29, 0.717) is 0 Å². The predicted octanol–water partition coefficient (Wildman–Crippen LogP) is -1.62. The van der Waals surface area contributed by atoms with Gasteiger partial charge in [0.2, 0.25) is 0 Å². The van der Waals surface area contributed by atoms with Crippen LogP contribution in [0.4, 0.5) is 4.48 Å². The van der Waals surface area contributed by atoms with Gasteiger partial charge in [0.05, 0.1) is 12.7 Å². The Kier molecular flexibility index (Phi) is 3.09. The molecule has 1 aliphatic heterocycles. The van der Waals surface area contributed by atoms with Crippen LogP contribution >= 0.6 is 0 Å². The van der Waals surface area contributed by atoms with Crippen LogP contribution in [0.15, 0.2) is 21.9 Å².